The summed E-state index contributed by atoms with van der Waals surface area (Å²) < 4.78 is 5.36. The number of ether oxygens (including phenoxy) is 1. The lowest BCUT2D eigenvalue weighted by Crippen LogP contribution is -1.99. The maximum absolute atomic E-state index is 9.69. The van der Waals surface area contributed by atoms with Crippen LogP contribution in [0.2, 0.25) is 0 Å². The number of phenolic OH excluding ortho intramolecular Hbond substituents is 1. The van der Waals surface area contributed by atoms with Gasteiger partial charge in [0.25, 0.3) is 0 Å². The molecule has 0 atom stereocenters. The predicted molar refractivity (Wildman–Crippen MR) is 74.6 cm³/mol. The molecule has 19 heavy (non-hydrogen) atoms. The number of nitrogens with one attached hydrogen (secondary N) is 1. The van der Waals surface area contributed by atoms with Crippen molar-refractivity contribution in [2.75, 3.05) is 19.0 Å². The fourth-order valence-corrected chi connectivity index (χ4v) is 1.75. The van der Waals surface area contributed by atoms with Gasteiger partial charge in [-0.05, 0) is 32.0 Å². The number of aryl methyl sites for hydroxylation is 1. The van der Waals surface area contributed by atoms with Crippen LogP contribution in [0.3, 0.4) is 0 Å². The fourth-order valence-electron chi connectivity index (χ4n) is 1.75. The summed E-state index contributed by atoms with van der Waals surface area (Å²) in [5.41, 5.74) is 1.68. The van der Waals surface area contributed by atoms with Crippen LogP contribution in [0, 0.1) is 6.92 Å². The molecule has 0 saturated carbocycles. The Hall–Kier alpha value is -2.30. The normalized spacial score (nSPS) is 10.3. The van der Waals surface area contributed by atoms with Crippen molar-refractivity contribution in [1.29, 1.82) is 0 Å². The second-order valence-electron chi connectivity index (χ2n) is 4.08. The third-order valence-corrected chi connectivity index (χ3v) is 2.63. The first-order valence-corrected chi connectivity index (χ1v) is 6.13. The van der Waals surface area contributed by atoms with Crippen LogP contribution in [0.5, 0.6) is 11.5 Å². The minimum absolute atomic E-state index is 0.118. The van der Waals surface area contributed by atoms with Crippen LogP contribution in [0.1, 0.15) is 12.6 Å². The Morgan fingerprint density at radius 1 is 1.26 bits per heavy atom. The largest absolute Gasteiger partial charge is 0.504 e. The van der Waals surface area contributed by atoms with Gasteiger partial charge in [0.1, 0.15) is 5.82 Å². The van der Waals surface area contributed by atoms with Crippen molar-refractivity contribution in [1.82, 2.24) is 9.97 Å². The van der Waals surface area contributed by atoms with Crippen LogP contribution < -0.4 is 10.1 Å². The van der Waals surface area contributed by atoms with E-state index in [0.717, 1.165) is 17.1 Å². The van der Waals surface area contributed by atoms with Gasteiger partial charge in [-0.15, -0.1) is 0 Å². The van der Waals surface area contributed by atoms with E-state index in [2.05, 4.69) is 15.3 Å². The molecule has 2 rings (SSSR count). The summed E-state index contributed by atoms with van der Waals surface area (Å²) in [5.74, 6) is 1.92. The van der Waals surface area contributed by atoms with Gasteiger partial charge in [-0.3, -0.25) is 0 Å². The molecule has 0 aliphatic heterocycles. The number of nitrogens with zero attached hydrogens (tertiary/aromatic N) is 2. The van der Waals surface area contributed by atoms with Crippen LogP contribution in [-0.2, 0) is 0 Å². The fraction of sp³-hybridized carbons (Fsp3) is 0.286. The maximum atomic E-state index is 9.69. The zero-order valence-electron chi connectivity index (χ0n) is 11.3. The van der Waals surface area contributed by atoms with E-state index in [1.807, 2.05) is 27.0 Å². The third kappa shape index (κ3) is 2.93. The summed E-state index contributed by atoms with van der Waals surface area (Å²) in [6, 6.07) is 6.97. The van der Waals surface area contributed by atoms with Crippen molar-refractivity contribution in [3.63, 3.8) is 0 Å². The first-order valence-electron chi connectivity index (χ1n) is 6.13. The Kier molecular flexibility index (Phi) is 3.85. The minimum atomic E-state index is 0.118. The molecular formula is C14H17N3O2. The number of aromatic hydroxyl groups is 1. The average molecular weight is 259 g/mol. The lowest BCUT2D eigenvalue weighted by atomic mass is 10.2. The zero-order chi connectivity index (χ0) is 13.8. The van der Waals surface area contributed by atoms with E-state index in [0.29, 0.717) is 18.2 Å². The van der Waals surface area contributed by atoms with Gasteiger partial charge in [0.15, 0.2) is 17.3 Å². The minimum Gasteiger partial charge on any atom is -0.504 e. The smallest absolute Gasteiger partial charge is 0.161 e. The maximum Gasteiger partial charge on any atom is 0.161 e. The first kappa shape index (κ1) is 13.1. The molecule has 5 heteroatoms. The quantitative estimate of drug-likeness (QED) is 0.883. The van der Waals surface area contributed by atoms with Gasteiger partial charge in [-0.2, -0.15) is 0 Å². The molecule has 0 radical (unpaired) electrons. The molecule has 0 fully saturated rings. The zero-order valence-corrected chi connectivity index (χ0v) is 11.3. The van der Waals surface area contributed by atoms with Crippen LogP contribution in [0.25, 0.3) is 11.4 Å². The number of rotatable bonds is 4. The Morgan fingerprint density at radius 2 is 2.05 bits per heavy atom. The van der Waals surface area contributed by atoms with Gasteiger partial charge in [0.05, 0.1) is 6.61 Å². The van der Waals surface area contributed by atoms with Crippen LogP contribution in [0.4, 0.5) is 5.82 Å². The highest BCUT2D eigenvalue weighted by molar-refractivity contribution is 5.62. The molecule has 0 unspecified atom stereocenters. The van der Waals surface area contributed by atoms with Crippen LogP contribution in [0.15, 0.2) is 24.3 Å². The van der Waals surface area contributed by atoms with Crippen LogP contribution >= 0.6 is 0 Å². The summed E-state index contributed by atoms with van der Waals surface area (Å²) >= 11 is 0. The molecule has 1 heterocycles. The summed E-state index contributed by atoms with van der Waals surface area (Å²) in [4.78, 5) is 8.79. The first-order chi connectivity index (χ1) is 9.13. The van der Waals surface area contributed by atoms with Gasteiger partial charge in [-0.1, -0.05) is 0 Å². The van der Waals surface area contributed by atoms with E-state index in [4.69, 9.17) is 4.74 Å². The molecule has 0 spiro atoms. The van der Waals surface area contributed by atoms with Gasteiger partial charge in [-0.25, -0.2) is 9.97 Å². The van der Waals surface area contributed by atoms with E-state index in [1.54, 1.807) is 18.2 Å². The van der Waals surface area contributed by atoms with E-state index in [9.17, 15) is 5.11 Å². The second-order valence-corrected chi connectivity index (χ2v) is 4.08. The molecule has 0 bridgehead atoms. The van der Waals surface area contributed by atoms with E-state index in [1.165, 1.54) is 0 Å². The number of aromatic nitrogens is 2. The predicted octanol–water partition coefficient (Wildman–Crippen LogP) is 2.60. The summed E-state index contributed by atoms with van der Waals surface area (Å²) in [5, 5.41) is 12.7. The Morgan fingerprint density at radius 3 is 2.74 bits per heavy atom. The highest BCUT2D eigenvalue weighted by Crippen LogP contribution is 2.30. The lowest BCUT2D eigenvalue weighted by molar-refractivity contribution is 0.318. The van der Waals surface area contributed by atoms with Crippen molar-refractivity contribution in [2.45, 2.75) is 13.8 Å². The Bertz CT molecular complexity index is 585. The highest BCUT2D eigenvalue weighted by atomic mass is 16.5. The van der Waals surface area contributed by atoms with Crippen molar-refractivity contribution in [3.8, 4) is 22.9 Å². The molecule has 2 aromatic rings. The van der Waals surface area contributed by atoms with Crippen molar-refractivity contribution < 1.29 is 9.84 Å². The molecule has 0 aliphatic rings. The number of anilines is 1. The Labute approximate surface area is 112 Å². The molecule has 0 saturated heterocycles. The molecule has 2 N–H and O–H groups in total. The monoisotopic (exact) mass is 259 g/mol. The number of hydrogen-bond acceptors (Lipinski definition) is 5. The summed E-state index contributed by atoms with van der Waals surface area (Å²) in [6.45, 7) is 4.28. The second kappa shape index (κ2) is 5.56. The van der Waals surface area contributed by atoms with Gasteiger partial charge in [0.2, 0.25) is 0 Å². The molecule has 1 aromatic carbocycles. The average Bonchev–Trinajstić information content (AvgIpc) is 2.40. The molecule has 0 amide bonds. The SMILES string of the molecule is CCOc1cc(-c2nc(C)cc(NC)n2)ccc1O. The molecule has 100 valence electrons. The standard InChI is InChI=1S/C14H17N3O2/c1-4-19-12-8-10(5-6-11(12)18)14-16-9(2)7-13(15-3)17-14/h5-8,18H,4H2,1-3H3,(H,15,16,17). The number of hydrogen-bond donors (Lipinski definition) is 2. The van der Waals surface area contributed by atoms with Crippen molar-refractivity contribution in [3.05, 3.63) is 30.0 Å². The molecule has 0 aliphatic carbocycles. The highest BCUT2D eigenvalue weighted by Gasteiger charge is 2.09. The number of phenols is 1. The van der Waals surface area contributed by atoms with E-state index >= 15 is 0 Å². The van der Waals surface area contributed by atoms with Crippen LogP contribution in [-0.4, -0.2) is 28.7 Å². The molecule has 1 aromatic heterocycles. The van der Waals surface area contributed by atoms with Gasteiger partial charge >= 0.3 is 0 Å². The third-order valence-electron chi connectivity index (χ3n) is 2.63. The molecular weight excluding hydrogens is 242 g/mol. The summed E-state index contributed by atoms with van der Waals surface area (Å²) in [7, 11) is 1.81. The van der Waals surface area contributed by atoms with E-state index < -0.39 is 0 Å². The topological polar surface area (TPSA) is 67.3 Å². The Balaban J connectivity index is 2.46. The van der Waals surface area contributed by atoms with Gasteiger partial charge < -0.3 is 15.2 Å². The van der Waals surface area contributed by atoms with Gasteiger partial charge in [0, 0.05) is 24.4 Å². The number of benzene rings is 1. The van der Waals surface area contributed by atoms with Crippen molar-refractivity contribution in [2.24, 2.45) is 0 Å². The lowest BCUT2D eigenvalue weighted by Gasteiger charge is -2.09. The molecule has 5 nitrogen and oxygen atoms in total. The van der Waals surface area contributed by atoms with Crippen molar-refractivity contribution >= 4 is 5.82 Å². The van der Waals surface area contributed by atoms with E-state index in [-0.39, 0.29) is 5.75 Å². The summed E-state index contributed by atoms with van der Waals surface area (Å²) in [6.07, 6.45) is 0.